The topological polar surface area (TPSA) is 303 Å². The summed E-state index contributed by atoms with van der Waals surface area (Å²) in [5, 5.41) is 74.9. The minimum Gasteiger partial charge on any atom is -0.394 e. The van der Waals surface area contributed by atoms with Crippen molar-refractivity contribution in [3.05, 3.63) is 0 Å². The molecule has 18 heteroatoms. The molecule has 0 aromatic heterocycles. The lowest BCUT2D eigenvalue weighted by Crippen LogP contribution is -2.71. The Kier molecular flexibility index (Phi) is 6.45. The molecule has 0 radical (unpaired) electrons. The van der Waals surface area contributed by atoms with Gasteiger partial charge in [0.1, 0.15) is 36.6 Å². The van der Waals surface area contributed by atoms with Gasteiger partial charge < -0.3 is 86.3 Å². The highest BCUT2D eigenvalue weighted by Gasteiger charge is 3.19. The van der Waals surface area contributed by atoms with Crippen LogP contribution in [0, 0.1) is 0 Å². The van der Waals surface area contributed by atoms with Crippen LogP contribution in [-0.4, -0.2) is 150 Å². The smallest absolute Gasteiger partial charge is 0.199 e. The van der Waals surface area contributed by atoms with Crippen LogP contribution in [0.2, 0.25) is 0 Å². The number of fused-ring (bicyclic) bond motifs is 2. The molecule has 0 aliphatic carbocycles. The fraction of sp³-hybridized carbons (Fsp3) is 1.00. The monoisotopic (exact) mass is 545 g/mol. The van der Waals surface area contributed by atoms with Crippen LogP contribution < -0.4 is 17.2 Å². The van der Waals surface area contributed by atoms with E-state index in [1.165, 1.54) is 0 Å². The molecular weight excluding hydrogens is 513 g/mol. The fourth-order valence-electron chi connectivity index (χ4n) is 5.83. The maximum Gasteiger partial charge on any atom is 0.199 e. The fourth-order valence-corrected chi connectivity index (χ4v) is 10.3. The molecule has 6 aliphatic rings. The quantitative estimate of drug-likeness (QED) is 0.132. The SMILES string of the molecule is N[C@H]1[C@H](OC2[C@@H](CO)O[C@@H](O)[C@H](N)[C@H]2O)O[C@H](CO)C(O[C@H]2O[C@@]3(CO)[C@]4(O)[C@@](O)([C@@H]2N)P43=O)[C@@H]1O. The first-order valence-corrected chi connectivity index (χ1v) is 13.0. The molecule has 6 rings (SSSR count). The van der Waals surface area contributed by atoms with Gasteiger partial charge in [-0.25, -0.2) is 0 Å². The lowest BCUT2D eigenvalue weighted by atomic mass is 9.94. The Labute approximate surface area is 203 Å². The van der Waals surface area contributed by atoms with Gasteiger partial charge in [0.15, 0.2) is 42.0 Å². The third-order valence-corrected chi connectivity index (χ3v) is 12.4. The van der Waals surface area contributed by atoms with Crippen LogP contribution in [0.3, 0.4) is 0 Å². The highest BCUT2D eigenvalue weighted by Crippen LogP contribution is 3.14. The molecule has 6 fully saturated rings. The summed E-state index contributed by atoms with van der Waals surface area (Å²) in [6.45, 7) is -2.31. The second-order valence-corrected chi connectivity index (χ2v) is 13.0. The van der Waals surface area contributed by atoms with Crippen LogP contribution in [0.15, 0.2) is 0 Å². The third kappa shape index (κ3) is 2.92. The van der Waals surface area contributed by atoms with Crippen LogP contribution in [0.5, 0.6) is 0 Å². The van der Waals surface area contributed by atoms with Crippen LogP contribution >= 0.6 is 7.14 Å². The Hall–Kier alpha value is -0.410. The molecule has 0 spiro atoms. The van der Waals surface area contributed by atoms with Crippen molar-refractivity contribution in [3.63, 3.8) is 0 Å². The van der Waals surface area contributed by atoms with Crippen molar-refractivity contribution in [2.75, 3.05) is 19.8 Å². The molecule has 3 unspecified atom stereocenters. The van der Waals surface area contributed by atoms with Crippen molar-refractivity contribution in [2.24, 2.45) is 17.2 Å². The van der Waals surface area contributed by atoms with Crippen molar-refractivity contribution in [2.45, 2.75) is 89.6 Å². The zero-order chi connectivity index (χ0) is 26.6. The Morgan fingerprint density at radius 2 is 1.33 bits per heavy atom. The lowest BCUT2D eigenvalue weighted by Gasteiger charge is -2.49. The summed E-state index contributed by atoms with van der Waals surface area (Å²) in [5.41, 5.74) is 17.7. The van der Waals surface area contributed by atoms with Crippen molar-refractivity contribution in [1.29, 1.82) is 0 Å². The molecule has 36 heavy (non-hydrogen) atoms. The number of aliphatic hydroxyl groups excluding tert-OH is 6. The zero-order valence-corrected chi connectivity index (χ0v) is 19.7. The van der Waals surface area contributed by atoms with E-state index in [1.54, 1.807) is 0 Å². The third-order valence-electron chi connectivity index (χ3n) is 8.09. The van der Waals surface area contributed by atoms with Crippen molar-refractivity contribution in [1.82, 2.24) is 0 Å². The van der Waals surface area contributed by atoms with E-state index in [9.17, 15) is 45.4 Å². The van der Waals surface area contributed by atoms with Crippen LogP contribution in [0.25, 0.3) is 0 Å². The molecule has 0 amide bonds. The standard InChI is InChI=1S/C18H32N3O14P/c19-6-8(25)10(4(1-22)31-13(6)27)33-14-7(20)9(26)11(5(2-23)32-14)34-15-12(21)17(28)18(29)16(3-24,35-15)36(17,18)30/h4-15,22-29H,1-3,19-21H2/t4-,5-,6-,7-,8-,9-,10?,11?,12-,13-,14+,15+,16-,17-,18-,36?/m1/s1. The van der Waals surface area contributed by atoms with E-state index < -0.39 is 117 Å². The van der Waals surface area contributed by atoms with Gasteiger partial charge in [0.25, 0.3) is 0 Å². The first-order chi connectivity index (χ1) is 16.8. The number of rotatable bonds is 7. The predicted octanol–water partition coefficient (Wildman–Crippen LogP) is -7.30. The summed E-state index contributed by atoms with van der Waals surface area (Å²) >= 11 is 0. The highest BCUT2D eigenvalue weighted by atomic mass is 31.2. The van der Waals surface area contributed by atoms with Gasteiger partial charge >= 0.3 is 0 Å². The van der Waals surface area contributed by atoms with Crippen molar-refractivity contribution < 1.29 is 69.1 Å². The largest absolute Gasteiger partial charge is 0.394 e. The molecule has 16 atom stereocenters. The van der Waals surface area contributed by atoms with Gasteiger partial charge in [-0.1, -0.05) is 0 Å². The van der Waals surface area contributed by atoms with Gasteiger partial charge in [-0.05, 0) is 0 Å². The molecule has 208 valence electrons. The van der Waals surface area contributed by atoms with Crippen molar-refractivity contribution in [3.8, 4) is 0 Å². The Morgan fingerprint density at radius 3 is 1.86 bits per heavy atom. The van der Waals surface area contributed by atoms with E-state index in [-0.39, 0.29) is 0 Å². The number of nitrogens with two attached hydrogens (primary N) is 3. The van der Waals surface area contributed by atoms with E-state index in [4.69, 9.17) is 40.9 Å². The molecule has 6 aliphatic heterocycles. The summed E-state index contributed by atoms with van der Waals surface area (Å²) in [6, 6.07) is -4.21. The molecule has 14 N–H and O–H groups in total. The van der Waals surface area contributed by atoms with Crippen LogP contribution in [0.1, 0.15) is 0 Å². The highest BCUT2D eigenvalue weighted by molar-refractivity contribution is 7.85. The Bertz CT molecular complexity index is 919. The average Bonchev–Trinajstić information content (AvgIpc) is 3.52. The maximum absolute atomic E-state index is 12.8. The summed E-state index contributed by atoms with van der Waals surface area (Å²) in [5.74, 6) is 0. The molecule has 2 bridgehead atoms. The minimum absolute atomic E-state index is 0.673. The summed E-state index contributed by atoms with van der Waals surface area (Å²) in [6.07, 6.45) is -13.1. The summed E-state index contributed by atoms with van der Waals surface area (Å²) < 4.78 is 40.4. The Morgan fingerprint density at radius 1 is 0.833 bits per heavy atom. The van der Waals surface area contributed by atoms with Gasteiger partial charge in [0.2, 0.25) is 0 Å². The number of aliphatic hydroxyl groups is 8. The van der Waals surface area contributed by atoms with Gasteiger partial charge in [-0.15, -0.1) is 0 Å². The summed E-state index contributed by atoms with van der Waals surface area (Å²) in [7, 11) is -3.78. The van der Waals surface area contributed by atoms with E-state index in [2.05, 4.69) is 0 Å². The van der Waals surface area contributed by atoms with E-state index in [0.717, 1.165) is 0 Å². The van der Waals surface area contributed by atoms with Gasteiger partial charge in [-0.3, -0.25) is 0 Å². The number of hydrogen-bond donors (Lipinski definition) is 11. The van der Waals surface area contributed by atoms with Gasteiger partial charge in [-0.2, -0.15) is 0 Å². The van der Waals surface area contributed by atoms with Gasteiger partial charge in [0.05, 0.1) is 37.9 Å². The molecule has 6 heterocycles. The van der Waals surface area contributed by atoms with E-state index in [1.807, 2.05) is 0 Å². The van der Waals surface area contributed by atoms with Crippen LogP contribution in [0.4, 0.5) is 0 Å². The zero-order valence-electron chi connectivity index (χ0n) is 18.8. The molecule has 17 nitrogen and oxygen atoms in total. The van der Waals surface area contributed by atoms with Crippen LogP contribution in [-0.2, 0) is 28.2 Å². The van der Waals surface area contributed by atoms with E-state index >= 15 is 0 Å². The minimum atomic E-state index is -3.78. The predicted molar refractivity (Wildman–Crippen MR) is 112 cm³/mol. The van der Waals surface area contributed by atoms with Crippen molar-refractivity contribution >= 4 is 7.14 Å². The number of ether oxygens (including phenoxy) is 5. The lowest BCUT2D eigenvalue weighted by molar-refractivity contribution is -0.351. The molecule has 6 saturated heterocycles. The van der Waals surface area contributed by atoms with E-state index in [0.29, 0.717) is 0 Å². The van der Waals surface area contributed by atoms with Gasteiger partial charge in [0, 0.05) is 0 Å². The first kappa shape index (κ1) is 27.2. The Balaban J connectivity index is 1.30. The normalized spacial score (nSPS) is 62.0. The summed E-state index contributed by atoms with van der Waals surface area (Å²) in [4.78, 5) is 0. The molecule has 0 saturated carbocycles. The number of hydrogen-bond acceptors (Lipinski definition) is 17. The molecular formula is C18H32N3O14P. The first-order valence-electron chi connectivity index (χ1n) is 11.3. The maximum atomic E-state index is 12.8. The molecule has 0 aromatic rings. The molecule has 0 aromatic carbocycles. The average molecular weight is 545 g/mol. The second kappa shape index (κ2) is 8.54. The second-order valence-electron chi connectivity index (χ2n) is 9.77.